The second-order valence-electron chi connectivity index (χ2n) is 4.21. The summed E-state index contributed by atoms with van der Waals surface area (Å²) in [4.78, 5) is 2.31. The number of fused-ring (bicyclic) bond motifs is 1. The van der Waals surface area contributed by atoms with E-state index in [1.807, 2.05) is 24.3 Å². The first kappa shape index (κ1) is 11.0. The van der Waals surface area contributed by atoms with Crippen LogP contribution in [0.2, 0.25) is 0 Å². The Bertz CT molecular complexity index is 411. The van der Waals surface area contributed by atoms with Crippen molar-refractivity contribution in [3.63, 3.8) is 0 Å². The van der Waals surface area contributed by atoms with E-state index < -0.39 is 0 Å². The van der Waals surface area contributed by atoms with Gasteiger partial charge in [0.15, 0.2) is 0 Å². The molecule has 0 aromatic heterocycles. The van der Waals surface area contributed by atoms with Crippen molar-refractivity contribution >= 4 is 0 Å². The van der Waals surface area contributed by atoms with E-state index in [0.717, 1.165) is 19.6 Å². The fourth-order valence-corrected chi connectivity index (χ4v) is 2.30. The topological polar surface area (TPSA) is 23.5 Å². The van der Waals surface area contributed by atoms with Gasteiger partial charge in [-0.3, -0.25) is 4.90 Å². The molecule has 0 unspecified atom stereocenters. The molecule has 2 rings (SSSR count). The third-order valence-electron chi connectivity index (χ3n) is 3.05. The van der Waals surface area contributed by atoms with E-state index in [1.165, 1.54) is 11.1 Å². The molecule has 2 nitrogen and oxygen atoms in total. The van der Waals surface area contributed by atoms with Gasteiger partial charge >= 0.3 is 0 Å². The van der Waals surface area contributed by atoms with Crippen LogP contribution in [0.5, 0.6) is 5.75 Å². The maximum absolute atomic E-state index is 9.50. The Morgan fingerprint density at radius 1 is 1.44 bits per heavy atom. The third kappa shape index (κ3) is 2.02. The molecule has 0 amide bonds. The number of nitrogens with zero attached hydrogens (tertiary/aromatic N) is 1. The van der Waals surface area contributed by atoms with Gasteiger partial charge in [0.2, 0.25) is 0 Å². The van der Waals surface area contributed by atoms with Gasteiger partial charge in [-0.05, 0) is 23.3 Å². The number of rotatable bonds is 3. The molecule has 1 aliphatic heterocycles. The molecule has 84 valence electrons. The highest BCUT2D eigenvalue weighted by atomic mass is 16.3. The van der Waals surface area contributed by atoms with Crippen LogP contribution < -0.4 is 0 Å². The summed E-state index contributed by atoms with van der Waals surface area (Å²) in [6.07, 6.45) is 3.89. The summed E-state index contributed by atoms with van der Waals surface area (Å²) in [6, 6.07) is 5.60. The van der Waals surface area contributed by atoms with E-state index in [4.69, 9.17) is 0 Å². The fraction of sp³-hybridized carbons (Fsp3) is 0.286. The molecule has 0 saturated carbocycles. The number of phenolic OH excluding ortho intramolecular Hbond substituents is 1. The van der Waals surface area contributed by atoms with Crippen LogP contribution in [0, 0.1) is 0 Å². The van der Waals surface area contributed by atoms with E-state index in [-0.39, 0.29) is 0 Å². The predicted octanol–water partition coefficient (Wildman–Crippen LogP) is 2.66. The quantitative estimate of drug-likeness (QED) is 0.784. The van der Waals surface area contributed by atoms with Crippen molar-refractivity contribution in [2.75, 3.05) is 13.1 Å². The lowest BCUT2D eigenvalue weighted by Gasteiger charge is -2.32. The summed E-state index contributed by atoms with van der Waals surface area (Å²) in [5.41, 5.74) is 2.48. The van der Waals surface area contributed by atoms with Gasteiger partial charge in [-0.1, -0.05) is 18.2 Å². The molecule has 0 saturated heterocycles. The van der Waals surface area contributed by atoms with Crippen molar-refractivity contribution < 1.29 is 5.11 Å². The van der Waals surface area contributed by atoms with Gasteiger partial charge < -0.3 is 5.11 Å². The summed E-state index contributed by atoms with van der Waals surface area (Å²) in [7, 11) is 0. The van der Waals surface area contributed by atoms with Crippen LogP contribution in [0.1, 0.15) is 17.0 Å². The summed E-state index contributed by atoms with van der Waals surface area (Å²) in [5.74, 6) is 0.686. The number of benzene rings is 1. The van der Waals surface area contributed by atoms with Crippen LogP contribution in [0.4, 0.5) is 0 Å². The minimum Gasteiger partial charge on any atom is -0.508 e. The molecule has 0 fully saturated rings. The lowest BCUT2D eigenvalue weighted by molar-refractivity contribution is 0.268. The Labute approximate surface area is 96.5 Å². The first-order valence-corrected chi connectivity index (χ1v) is 5.52. The van der Waals surface area contributed by atoms with E-state index in [1.54, 1.807) is 6.07 Å². The number of phenols is 1. The minimum atomic E-state index is 0.335. The lowest BCUT2D eigenvalue weighted by Crippen LogP contribution is -2.32. The molecule has 0 spiro atoms. The molecular weight excluding hydrogens is 198 g/mol. The summed E-state index contributed by atoms with van der Waals surface area (Å²) >= 11 is 0. The highest BCUT2D eigenvalue weighted by Crippen LogP contribution is 2.31. The number of hydrogen-bond acceptors (Lipinski definition) is 2. The minimum absolute atomic E-state index is 0.335. The predicted molar refractivity (Wildman–Crippen MR) is 66.5 cm³/mol. The Kier molecular flexibility index (Phi) is 3.11. The van der Waals surface area contributed by atoms with Gasteiger partial charge in [-0.25, -0.2) is 0 Å². The third-order valence-corrected chi connectivity index (χ3v) is 3.05. The Morgan fingerprint density at radius 3 is 2.94 bits per heavy atom. The Morgan fingerprint density at radius 2 is 2.25 bits per heavy atom. The van der Waals surface area contributed by atoms with Crippen molar-refractivity contribution in [1.82, 2.24) is 4.90 Å². The second kappa shape index (κ2) is 4.54. The SMILES string of the molecule is C=CCN1Cc2cc(O)ccc2[C@@H](C=C)C1. The summed E-state index contributed by atoms with van der Waals surface area (Å²) in [5, 5.41) is 9.50. The van der Waals surface area contributed by atoms with Crippen molar-refractivity contribution in [2.24, 2.45) is 0 Å². The first-order valence-electron chi connectivity index (χ1n) is 5.52. The van der Waals surface area contributed by atoms with E-state index in [9.17, 15) is 5.11 Å². The molecular formula is C14H17NO. The maximum Gasteiger partial charge on any atom is 0.115 e. The Hall–Kier alpha value is -1.54. The van der Waals surface area contributed by atoms with Crippen molar-refractivity contribution in [3.8, 4) is 5.75 Å². The van der Waals surface area contributed by atoms with Gasteiger partial charge in [0.1, 0.15) is 5.75 Å². The van der Waals surface area contributed by atoms with Crippen LogP contribution in [-0.2, 0) is 6.54 Å². The molecule has 1 heterocycles. The molecule has 0 radical (unpaired) electrons. The second-order valence-corrected chi connectivity index (χ2v) is 4.21. The van der Waals surface area contributed by atoms with E-state index in [2.05, 4.69) is 18.1 Å². The van der Waals surface area contributed by atoms with Crippen molar-refractivity contribution in [1.29, 1.82) is 0 Å². The van der Waals surface area contributed by atoms with Gasteiger partial charge in [0.25, 0.3) is 0 Å². The molecule has 1 N–H and O–H groups in total. The van der Waals surface area contributed by atoms with Gasteiger partial charge in [-0.15, -0.1) is 13.2 Å². The average Bonchev–Trinajstić information content (AvgIpc) is 2.27. The van der Waals surface area contributed by atoms with Gasteiger partial charge in [0, 0.05) is 25.6 Å². The van der Waals surface area contributed by atoms with Crippen LogP contribution in [0.15, 0.2) is 43.5 Å². The number of hydrogen-bond donors (Lipinski definition) is 1. The highest BCUT2D eigenvalue weighted by Gasteiger charge is 2.22. The molecule has 1 aromatic rings. The highest BCUT2D eigenvalue weighted by molar-refractivity contribution is 5.40. The summed E-state index contributed by atoms with van der Waals surface area (Å²) < 4.78 is 0. The maximum atomic E-state index is 9.50. The zero-order chi connectivity index (χ0) is 11.5. The molecule has 1 aromatic carbocycles. The normalized spacial score (nSPS) is 20.1. The van der Waals surface area contributed by atoms with Crippen LogP contribution in [0.3, 0.4) is 0 Å². The van der Waals surface area contributed by atoms with E-state index in [0.29, 0.717) is 11.7 Å². The monoisotopic (exact) mass is 215 g/mol. The molecule has 1 atom stereocenters. The lowest BCUT2D eigenvalue weighted by atomic mass is 9.89. The zero-order valence-corrected chi connectivity index (χ0v) is 9.39. The van der Waals surface area contributed by atoms with Crippen LogP contribution in [0.25, 0.3) is 0 Å². The van der Waals surface area contributed by atoms with Crippen molar-refractivity contribution in [2.45, 2.75) is 12.5 Å². The Balaban J connectivity index is 2.34. The van der Waals surface area contributed by atoms with Crippen molar-refractivity contribution in [3.05, 3.63) is 54.6 Å². The first-order chi connectivity index (χ1) is 7.74. The standard InChI is InChI=1S/C14H17NO/c1-3-7-15-9-11(4-2)14-6-5-13(16)8-12(14)10-15/h3-6,8,11,16H,1-2,7,9-10H2/t11-/m0/s1. The molecule has 2 heteroatoms. The zero-order valence-electron chi connectivity index (χ0n) is 9.39. The summed E-state index contributed by atoms with van der Waals surface area (Å²) in [6.45, 7) is 10.4. The van der Waals surface area contributed by atoms with Crippen LogP contribution >= 0.6 is 0 Å². The molecule has 1 aliphatic rings. The fourth-order valence-electron chi connectivity index (χ4n) is 2.30. The molecule has 16 heavy (non-hydrogen) atoms. The largest absolute Gasteiger partial charge is 0.508 e. The molecule has 0 bridgehead atoms. The van der Waals surface area contributed by atoms with Gasteiger partial charge in [-0.2, -0.15) is 0 Å². The molecule has 0 aliphatic carbocycles. The van der Waals surface area contributed by atoms with Gasteiger partial charge in [0.05, 0.1) is 0 Å². The van der Waals surface area contributed by atoms with E-state index >= 15 is 0 Å². The smallest absolute Gasteiger partial charge is 0.115 e. The number of aromatic hydroxyl groups is 1. The van der Waals surface area contributed by atoms with Crippen LogP contribution in [-0.4, -0.2) is 23.1 Å². The average molecular weight is 215 g/mol.